The Morgan fingerprint density at radius 1 is 1.23 bits per heavy atom. The summed E-state index contributed by atoms with van der Waals surface area (Å²) in [6.07, 6.45) is -2.63. The van der Waals surface area contributed by atoms with Gasteiger partial charge in [0, 0.05) is 19.1 Å². The van der Waals surface area contributed by atoms with Gasteiger partial charge in [-0.25, -0.2) is 0 Å². The number of likely N-dealkylation sites (N-methyl/N-ethyl adjacent to an activating group) is 1. The number of hydrogen-bond donors (Lipinski definition) is 1. The summed E-state index contributed by atoms with van der Waals surface area (Å²) >= 11 is 0. The molecule has 0 aromatic heterocycles. The van der Waals surface area contributed by atoms with E-state index in [1.54, 1.807) is 23.8 Å². The van der Waals surface area contributed by atoms with Crippen molar-refractivity contribution >= 4 is 11.9 Å². The Hall–Kier alpha value is -2.09. The molecule has 26 heavy (non-hydrogen) atoms. The van der Waals surface area contributed by atoms with Crippen LogP contribution in [0.2, 0.25) is 0 Å². The SMILES string of the molecule is CC(CN(C)CC(=O)N(Cc1ccc(C(F)(F)F)cc1)C1CC1)C(=O)O. The number of carboxylic acids is 1. The fourth-order valence-electron chi connectivity index (χ4n) is 2.73. The number of carbonyl (C=O) groups excluding carboxylic acids is 1. The van der Waals surface area contributed by atoms with Crippen LogP contribution in [0.5, 0.6) is 0 Å². The van der Waals surface area contributed by atoms with Crippen LogP contribution in [-0.2, 0) is 22.3 Å². The number of amides is 1. The van der Waals surface area contributed by atoms with Crippen molar-refractivity contribution in [3.63, 3.8) is 0 Å². The molecule has 1 saturated carbocycles. The van der Waals surface area contributed by atoms with E-state index in [0.29, 0.717) is 5.56 Å². The first kappa shape index (κ1) is 20.2. The summed E-state index contributed by atoms with van der Waals surface area (Å²) in [4.78, 5) is 26.8. The van der Waals surface area contributed by atoms with Crippen LogP contribution in [0.4, 0.5) is 13.2 Å². The van der Waals surface area contributed by atoms with Gasteiger partial charge in [-0.3, -0.25) is 14.5 Å². The number of aliphatic carboxylic acids is 1. The topological polar surface area (TPSA) is 60.9 Å². The molecule has 1 aromatic carbocycles. The zero-order valence-electron chi connectivity index (χ0n) is 14.8. The second-order valence-electron chi connectivity index (χ2n) is 6.88. The Bertz CT molecular complexity index is 642. The lowest BCUT2D eigenvalue weighted by molar-refractivity contribution is -0.142. The minimum absolute atomic E-state index is 0.0781. The predicted molar refractivity (Wildman–Crippen MR) is 89.3 cm³/mol. The standard InChI is InChI=1S/C18H23F3N2O3/c1-12(17(25)26)9-22(2)11-16(24)23(15-7-8-15)10-13-3-5-14(6-4-13)18(19,20)21/h3-6,12,15H,7-11H2,1-2H3,(H,25,26). The van der Waals surface area contributed by atoms with Crippen molar-refractivity contribution in [2.24, 2.45) is 5.92 Å². The van der Waals surface area contributed by atoms with E-state index in [4.69, 9.17) is 5.11 Å². The number of alkyl halides is 3. The Balaban J connectivity index is 1.98. The molecule has 0 heterocycles. The molecule has 1 atom stereocenters. The number of rotatable bonds is 8. The van der Waals surface area contributed by atoms with Crippen molar-refractivity contribution in [2.45, 2.75) is 38.5 Å². The van der Waals surface area contributed by atoms with E-state index in [1.165, 1.54) is 12.1 Å². The zero-order valence-corrected chi connectivity index (χ0v) is 14.8. The Kier molecular flexibility index (Phi) is 6.28. The van der Waals surface area contributed by atoms with E-state index in [0.717, 1.165) is 25.0 Å². The van der Waals surface area contributed by atoms with Crippen molar-refractivity contribution in [2.75, 3.05) is 20.1 Å². The normalized spacial score (nSPS) is 15.8. The van der Waals surface area contributed by atoms with Crippen LogP contribution in [0, 0.1) is 5.92 Å². The fourth-order valence-corrected chi connectivity index (χ4v) is 2.73. The number of hydrogen-bond acceptors (Lipinski definition) is 3. The highest BCUT2D eigenvalue weighted by atomic mass is 19.4. The fraction of sp³-hybridized carbons (Fsp3) is 0.556. The highest BCUT2D eigenvalue weighted by Gasteiger charge is 2.34. The summed E-state index contributed by atoms with van der Waals surface area (Å²) in [5.74, 6) is -1.65. The van der Waals surface area contributed by atoms with Gasteiger partial charge < -0.3 is 10.0 Å². The van der Waals surface area contributed by atoms with Gasteiger partial charge in [-0.15, -0.1) is 0 Å². The first-order valence-corrected chi connectivity index (χ1v) is 8.45. The quantitative estimate of drug-likeness (QED) is 0.762. The molecule has 0 bridgehead atoms. The highest BCUT2D eigenvalue weighted by Crippen LogP contribution is 2.31. The first-order valence-electron chi connectivity index (χ1n) is 8.45. The van der Waals surface area contributed by atoms with E-state index >= 15 is 0 Å². The molecule has 1 aliphatic carbocycles. The number of halogens is 3. The number of benzene rings is 1. The molecule has 1 fully saturated rings. The third-order valence-corrected chi connectivity index (χ3v) is 4.35. The monoisotopic (exact) mass is 372 g/mol. The second-order valence-corrected chi connectivity index (χ2v) is 6.88. The number of carbonyl (C=O) groups is 2. The van der Waals surface area contributed by atoms with E-state index < -0.39 is 23.6 Å². The van der Waals surface area contributed by atoms with Crippen LogP contribution in [0.1, 0.15) is 30.9 Å². The van der Waals surface area contributed by atoms with Gasteiger partial charge in [-0.2, -0.15) is 13.2 Å². The van der Waals surface area contributed by atoms with Crippen molar-refractivity contribution in [1.82, 2.24) is 9.80 Å². The van der Waals surface area contributed by atoms with Crippen molar-refractivity contribution in [3.8, 4) is 0 Å². The van der Waals surface area contributed by atoms with Gasteiger partial charge in [0.05, 0.1) is 18.0 Å². The summed E-state index contributed by atoms with van der Waals surface area (Å²) in [6, 6.07) is 4.93. The third kappa shape index (κ3) is 5.72. The lowest BCUT2D eigenvalue weighted by atomic mass is 10.1. The zero-order chi connectivity index (χ0) is 19.5. The highest BCUT2D eigenvalue weighted by molar-refractivity contribution is 5.79. The van der Waals surface area contributed by atoms with Crippen LogP contribution in [0.3, 0.4) is 0 Å². The van der Waals surface area contributed by atoms with Crippen molar-refractivity contribution in [3.05, 3.63) is 35.4 Å². The largest absolute Gasteiger partial charge is 0.481 e. The Morgan fingerprint density at radius 3 is 2.27 bits per heavy atom. The van der Waals surface area contributed by atoms with Crippen molar-refractivity contribution in [1.29, 1.82) is 0 Å². The van der Waals surface area contributed by atoms with Crippen LogP contribution in [0.25, 0.3) is 0 Å². The molecule has 1 N–H and O–H groups in total. The molecular weight excluding hydrogens is 349 g/mol. The molecule has 144 valence electrons. The van der Waals surface area contributed by atoms with Gasteiger partial charge in [0.1, 0.15) is 0 Å². The summed E-state index contributed by atoms with van der Waals surface area (Å²) in [5.41, 5.74) is -0.0762. The number of nitrogens with zero attached hydrogens (tertiary/aromatic N) is 2. The van der Waals surface area contributed by atoms with E-state index in [9.17, 15) is 22.8 Å². The van der Waals surface area contributed by atoms with Crippen LogP contribution >= 0.6 is 0 Å². The molecule has 1 unspecified atom stereocenters. The van der Waals surface area contributed by atoms with Gasteiger partial charge in [0.2, 0.25) is 5.91 Å². The predicted octanol–water partition coefficient (Wildman–Crippen LogP) is 2.85. The molecule has 2 rings (SSSR count). The maximum Gasteiger partial charge on any atom is 0.416 e. The van der Waals surface area contributed by atoms with Gasteiger partial charge in [0.15, 0.2) is 0 Å². The molecule has 0 radical (unpaired) electrons. The van der Waals surface area contributed by atoms with Gasteiger partial charge in [-0.05, 0) is 37.6 Å². The van der Waals surface area contributed by atoms with Crippen LogP contribution in [-0.4, -0.2) is 53.0 Å². The molecule has 0 aliphatic heterocycles. The molecule has 5 nitrogen and oxygen atoms in total. The summed E-state index contributed by atoms with van der Waals surface area (Å²) in [7, 11) is 1.68. The Morgan fingerprint density at radius 2 is 1.81 bits per heavy atom. The molecule has 8 heteroatoms. The molecular formula is C18H23F3N2O3. The summed E-state index contributed by atoms with van der Waals surface area (Å²) in [5, 5.41) is 8.94. The molecule has 1 aromatic rings. The average molecular weight is 372 g/mol. The van der Waals surface area contributed by atoms with Crippen LogP contribution in [0.15, 0.2) is 24.3 Å². The average Bonchev–Trinajstić information content (AvgIpc) is 3.36. The minimum Gasteiger partial charge on any atom is -0.481 e. The Labute approximate surface area is 150 Å². The van der Waals surface area contributed by atoms with E-state index in [2.05, 4.69) is 0 Å². The van der Waals surface area contributed by atoms with E-state index in [-0.39, 0.29) is 31.6 Å². The number of carboxylic acid groups (broad SMARTS) is 1. The molecule has 1 aliphatic rings. The van der Waals surface area contributed by atoms with Crippen LogP contribution < -0.4 is 0 Å². The molecule has 1 amide bonds. The maximum atomic E-state index is 12.6. The van der Waals surface area contributed by atoms with Gasteiger partial charge >= 0.3 is 12.1 Å². The third-order valence-electron chi connectivity index (χ3n) is 4.35. The molecule has 0 spiro atoms. The van der Waals surface area contributed by atoms with E-state index in [1.807, 2.05) is 0 Å². The van der Waals surface area contributed by atoms with Gasteiger partial charge in [0.25, 0.3) is 0 Å². The van der Waals surface area contributed by atoms with Crippen molar-refractivity contribution < 1.29 is 27.9 Å². The smallest absolute Gasteiger partial charge is 0.416 e. The second kappa shape index (κ2) is 8.07. The molecule has 0 saturated heterocycles. The minimum atomic E-state index is -4.38. The summed E-state index contributed by atoms with van der Waals surface area (Å²) in [6.45, 7) is 2.16. The first-order chi connectivity index (χ1) is 12.1. The van der Waals surface area contributed by atoms with Gasteiger partial charge in [-0.1, -0.05) is 19.1 Å². The maximum absolute atomic E-state index is 12.6. The lowest BCUT2D eigenvalue weighted by Crippen LogP contribution is -2.41. The lowest BCUT2D eigenvalue weighted by Gasteiger charge is -2.26. The summed E-state index contributed by atoms with van der Waals surface area (Å²) < 4.78 is 37.9.